The van der Waals surface area contributed by atoms with Crippen LogP contribution < -0.4 is 5.32 Å². The van der Waals surface area contributed by atoms with Crippen LogP contribution in [-0.2, 0) is 0 Å². The second-order valence-corrected chi connectivity index (χ2v) is 4.76. The first-order valence-electron chi connectivity index (χ1n) is 4.46. The van der Waals surface area contributed by atoms with Crippen molar-refractivity contribution in [1.29, 1.82) is 0 Å². The van der Waals surface area contributed by atoms with E-state index in [2.05, 4.69) is 12.2 Å². The van der Waals surface area contributed by atoms with Crippen molar-refractivity contribution < 1.29 is 4.39 Å². The summed E-state index contributed by atoms with van der Waals surface area (Å²) in [6, 6.07) is 4.92. The molecule has 0 aromatic heterocycles. The number of fused-ring (bicyclic) bond motifs is 1. The van der Waals surface area contributed by atoms with Gasteiger partial charge in [0, 0.05) is 22.4 Å². The molecule has 1 aromatic rings. The largest absolute Gasteiger partial charge is 0.384 e. The average Bonchev–Trinajstić information content (AvgIpc) is 2.25. The van der Waals surface area contributed by atoms with Crippen molar-refractivity contribution in [3.8, 4) is 0 Å². The highest BCUT2D eigenvalue weighted by Gasteiger charge is 2.13. The van der Waals surface area contributed by atoms with Crippen LogP contribution in [0.5, 0.6) is 0 Å². The second kappa shape index (κ2) is 3.58. The predicted molar refractivity (Wildman–Crippen MR) is 54.8 cm³/mol. The third-order valence-corrected chi connectivity index (χ3v) is 3.37. The molecule has 0 aliphatic carbocycles. The highest BCUT2D eigenvalue weighted by molar-refractivity contribution is 8.00. The van der Waals surface area contributed by atoms with Gasteiger partial charge in [0.15, 0.2) is 0 Å². The van der Waals surface area contributed by atoms with E-state index < -0.39 is 0 Å². The maximum Gasteiger partial charge on any atom is 0.124 e. The summed E-state index contributed by atoms with van der Waals surface area (Å²) < 4.78 is 12.9. The predicted octanol–water partition coefficient (Wildman–Crippen LogP) is 3.12. The van der Waals surface area contributed by atoms with Crippen LogP contribution in [0.2, 0.25) is 0 Å². The van der Waals surface area contributed by atoms with Gasteiger partial charge in [0.1, 0.15) is 5.82 Å². The number of anilines is 1. The standard InChI is InChI=1S/C10H12FNS/c1-7-4-5-12-9-3-2-8(11)6-10(9)13-7/h2-3,6-7,12H,4-5H2,1H3. The number of benzene rings is 1. The van der Waals surface area contributed by atoms with Crippen LogP contribution in [0.15, 0.2) is 23.1 Å². The molecule has 70 valence electrons. The van der Waals surface area contributed by atoms with Crippen LogP contribution in [0, 0.1) is 5.82 Å². The maximum atomic E-state index is 12.9. The van der Waals surface area contributed by atoms with E-state index in [1.54, 1.807) is 17.8 Å². The first-order chi connectivity index (χ1) is 6.25. The Morgan fingerprint density at radius 2 is 2.38 bits per heavy atom. The Kier molecular flexibility index (Phi) is 2.44. The van der Waals surface area contributed by atoms with E-state index in [0.29, 0.717) is 5.25 Å². The van der Waals surface area contributed by atoms with Gasteiger partial charge in [-0.25, -0.2) is 4.39 Å². The third kappa shape index (κ3) is 1.97. The molecule has 1 heterocycles. The van der Waals surface area contributed by atoms with Gasteiger partial charge < -0.3 is 5.32 Å². The molecular weight excluding hydrogens is 185 g/mol. The Hall–Kier alpha value is -0.700. The number of halogens is 1. The summed E-state index contributed by atoms with van der Waals surface area (Å²) in [5, 5.41) is 3.86. The molecule has 3 heteroatoms. The molecule has 1 aliphatic heterocycles. The Labute approximate surface area is 81.7 Å². The van der Waals surface area contributed by atoms with Gasteiger partial charge in [-0.3, -0.25) is 0 Å². The van der Waals surface area contributed by atoms with E-state index in [1.165, 1.54) is 6.07 Å². The number of hydrogen-bond donors (Lipinski definition) is 1. The molecule has 0 radical (unpaired) electrons. The number of thioether (sulfide) groups is 1. The van der Waals surface area contributed by atoms with Crippen molar-refractivity contribution in [2.75, 3.05) is 11.9 Å². The molecule has 0 saturated heterocycles. The topological polar surface area (TPSA) is 12.0 Å². The van der Waals surface area contributed by atoms with Crippen LogP contribution in [0.25, 0.3) is 0 Å². The van der Waals surface area contributed by atoms with Crippen molar-refractivity contribution in [2.24, 2.45) is 0 Å². The zero-order valence-electron chi connectivity index (χ0n) is 7.51. The van der Waals surface area contributed by atoms with Crippen LogP contribution in [0.1, 0.15) is 13.3 Å². The molecule has 1 N–H and O–H groups in total. The van der Waals surface area contributed by atoms with E-state index in [1.807, 2.05) is 6.07 Å². The fourth-order valence-electron chi connectivity index (χ4n) is 1.43. The van der Waals surface area contributed by atoms with Crippen LogP contribution >= 0.6 is 11.8 Å². The summed E-state index contributed by atoms with van der Waals surface area (Å²) in [5.74, 6) is -0.151. The molecule has 1 aromatic carbocycles. The van der Waals surface area contributed by atoms with Gasteiger partial charge in [0.2, 0.25) is 0 Å². The normalized spacial score (nSPS) is 21.5. The first kappa shape index (κ1) is 8.88. The Morgan fingerprint density at radius 1 is 1.54 bits per heavy atom. The van der Waals surface area contributed by atoms with E-state index in [-0.39, 0.29) is 5.82 Å². The van der Waals surface area contributed by atoms with E-state index >= 15 is 0 Å². The second-order valence-electron chi connectivity index (χ2n) is 3.28. The molecule has 13 heavy (non-hydrogen) atoms. The van der Waals surface area contributed by atoms with Gasteiger partial charge in [-0.1, -0.05) is 6.92 Å². The number of rotatable bonds is 0. The number of nitrogens with one attached hydrogen (secondary N) is 1. The molecular formula is C10H12FNS. The van der Waals surface area contributed by atoms with Crippen LogP contribution in [0.4, 0.5) is 10.1 Å². The summed E-state index contributed by atoms with van der Waals surface area (Å²) in [4.78, 5) is 1.03. The summed E-state index contributed by atoms with van der Waals surface area (Å²) in [6.07, 6.45) is 1.13. The first-order valence-corrected chi connectivity index (χ1v) is 5.34. The maximum absolute atomic E-state index is 12.9. The zero-order chi connectivity index (χ0) is 9.26. The lowest BCUT2D eigenvalue weighted by atomic mass is 10.3. The minimum Gasteiger partial charge on any atom is -0.384 e. The highest BCUT2D eigenvalue weighted by Crippen LogP contribution is 2.34. The molecule has 1 unspecified atom stereocenters. The average molecular weight is 197 g/mol. The fourth-order valence-corrected chi connectivity index (χ4v) is 2.54. The lowest BCUT2D eigenvalue weighted by molar-refractivity contribution is 0.624. The molecule has 0 fully saturated rings. The lowest BCUT2D eigenvalue weighted by Gasteiger charge is -2.07. The summed E-state index contributed by atoms with van der Waals surface area (Å²) >= 11 is 1.74. The Morgan fingerprint density at radius 3 is 3.23 bits per heavy atom. The molecule has 0 amide bonds. The molecule has 1 aliphatic rings. The van der Waals surface area contributed by atoms with Gasteiger partial charge >= 0.3 is 0 Å². The molecule has 2 rings (SSSR count). The van der Waals surface area contributed by atoms with Crippen LogP contribution in [-0.4, -0.2) is 11.8 Å². The van der Waals surface area contributed by atoms with Crippen molar-refractivity contribution in [3.63, 3.8) is 0 Å². The smallest absolute Gasteiger partial charge is 0.124 e. The van der Waals surface area contributed by atoms with Gasteiger partial charge in [-0.15, -0.1) is 11.8 Å². The van der Waals surface area contributed by atoms with Gasteiger partial charge in [-0.05, 0) is 24.6 Å². The zero-order valence-corrected chi connectivity index (χ0v) is 8.33. The van der Waals surface area contributed by atoms with E-state index in [0.717, 1.165) is 23.5 Å². The molecule has 1 atom stereocenters. The summed E-state index contributed by atoms with van der Waals surface area (Å²) in [7, 11) is 0. The van der Waals surface area contributed by atoms with Gasteiger partial charge in [-0.2, -0.15) is 0 Å². The highest BCUT2D eigenvalue weighted by atomic mass is 32.2. The molecule has 1 nitrogen and oxygen atoms in total. The summed E-state index contributed by atoms with van der Waals surface area (Å²) in [6.45, 7) is 3.15. The SMILES string of the molecule is CC1CCNc2ccc(F)cc2S1. The molecule has 0 saturated carbocycles. The van der Waals surface area contributed by atoms with E-state index in [9.17, 15) is 4.39 Å². The molecule has 0 bridgehead atoms. The summed E-state index contributed by atoms with van der Waals surface area (Å²) in [5.41, 5.74) is 1.07. The lowest BCUT2D eigenvalue weighted by Crippen LogP contribution is -2.03. The van der Waals surface area contributed by atoms with E-state index in [4.69, 9.17) is 0 Å². The Bertz CT molecular complexity index is 314. The third-order valence-electron chi connectivity index (χ3n) is 2.14. The van der Waals surface area contributed by atoms with Crippen molar-refractivity contribution in [2.45, 2.75) is 23.5 Å². The fraction of sp³-hybridized carbons (Fsp3) is 0.400. The minimum atomic E-state index is -0.151. The van der Waals surface area contributed by atoms with Gasteiger partial charge in [0.25, 0.3) is 0 Å². The Balaban J connectivity index is 2.35. The quantitative estimate of drug-likeness (QED) is 0.685. The molecule has 0 spiro atoms. The van der Waals surface area contributed by atoms with Gasteiger partial charge in [0.05, 0.1) is 0 Å². The number of hydrogen-bond acceptors (Lipinski definition) is 2. The van der Waals surface area contributed by atoms with Crippen LogP contribution in [0.3, 0.4) is 0 Å². The van der Waals surface area contributed by atoms with Crippen molar-refractivity contribution in [3.05, 3.63) is 24.0 Å². The van der Waals surface area contributed by atoms with Crippen molar-refractivity contribution in [1.82, 2.24) is 0 Å². The van der Waals surface area contributed by atoms with Crippen molar-refractivity contribution >= 4 is 17.4 Å². The monoisotopic (exact) mass is 197 g/mol. The minimum absolute atomic E-state index is 0.151.